The van der Waals surface area contributed by atoms with Gasteiger partial charge in [0.25, 0.3) is 0 Å². The highest BCUT2D eigenvalue weighted by atomic mass is 32.2. The number of methoxy groups -OCH3 is 1. The minimum absolute atomic E-state index is 0.102. The lowest BCUT2D eigenvalue weighted by Crippen LogP contribution is -2.23. The van der Waals surface area contributed by atoms with Crippen molar-refractivity contribution in [1.29, 1.82) is 0 Å². The number of thioether (sulfide) groups is 1. The van der Waals surface area contributed by atoms with Crippen LogP contribution in [0.4, 0.5) is 5.69 Å². The number of aryl methyl sites for hydroxylation is 1. The van der Waals surface area contributed by atoms with Crippen LogP contribution in [0, 0.1) is 6.92 Å². The molecule has 162 valence electrons. The molecule has 8 heteroatoms. The number of hydrogen-bond donors (Lipinski definition) is 1. The Kier molecular flexibility index (Phi) is 6.51. The Bertz CT molecular complexity index is 1230. The fourth-order valence-electron chi connectivity index (χ4n) is 3.18. The van der Waals surface area contributed by atoms with Crippen molar-refractivity contribution in [2.45, 2.75) is 24.3 Å². The summed E-state index contributed by atoms with van der Waals surface area (Å²) in [6, 6.07) is 19.1. The SMILES string of the molecule is COc1cccc(-n2c(S[C@@H](C)C(=O)Nc3ccccc3C)nnc2-c2ccncc2)c1. The number of amides is 1. The number of pyridine rings is 1. The number of nitrogens with zero attached hydrogens (tertiary/aromatic N) is 4. The first-order valence-corrected chi connectivity index (χ1v) is 11.0. The molecule has 0 spiro atoms. The monoisotopic (exact) mass is 445 g/mol. The lowest BCUT2D eigenvalue weighted by Gasteiger charge is -2.15. The topological polar surface area (TPSA) is 81.9 Å². The van der Waals surface area contributed by atoms with Crippen LogP contribution in [-0.2, 0) is 4.79 Å². The van der Waals surface area contributed by atoms with Crippen LogP contribution >= 0.6 is 11.8 Å². The third kappa shape index (κ3) is 4.65. The zero-order valence-electron chi connectivity index (χ0n) is 18.0. The summed E-state index contributed by atoms with van der Waals surface area (Å²) < 4.78 is 7.33. The number of benzene rings is 2. The van der Waals surface area contributed by atoms with E-state index in [1.54, 1.807) is 19.5 Å². The van der Waals surface area contributed by atoms with E-state index >= 15 is 0 Å². The average molecular weight is 446 g/mol. The first kappa shape index (κ1) is 21.6. The second-order valence-electron chi connectivity index (χ2n) is 7.14. The van der Waals surface area contributed by atoms with Gasteiger partial charge in [0.05, 0.1) is 18.0 Å². The third-order valence-corrected chi connectivity index (χ3v) is 5.98. The first-order chi connectivity index (χ1) is 15.6. The van der Waals surface area contributed by atoms with Gasteiger partial charge in [0.2, 0.25) is 5.91 Å². The molecule has 7 nitrogen and oxygen atoms in total. The molecule has 0 bridgehead atoms. The summed E-state index contributed by atoms with van der Waals surface area (Å²) >= 11 is 1.35. The summed E-state index contributed by atoms with van der Waals surface area (Å²) in [6.07, 6.45) is 3.43. The van der Waals surface area contributed by atoms with Crippen molar-refractivity contribution < 1.29 is 9.53 Å². The number of aromatic nitrogens is 4. The van der Waals surface area contributed by atoms with Crippen LogP contribution in [0.15, 0.2) is 78.2 Å². The predicted molar refractivity (Wildman–Crippen MR) is 126 cm³/mol. The molecular weight excluding hydrogens is 422 g/mol. The van der Waals surface area contributed by atoms with Crippen molar-refractivity contribution >= 4 is 23.4 Å². The zero-order valence-corrected chi connectivity index (χ0v) is 18.8. The summed E-state index contributed by atoms with van der Waals surface area (Å²) in [7, 11) is 1.63. The Hall–Kier alpha value is -3.65. The number of nitrogens with one attached hydrogen (secondary N) is 1. The number of hydrogen-bond acceptors (Lipinski definition) is 6. The van der Waals surface area contributed by atoms with Gasteiger partial charge in [0, 0.05) is 29.7 Å². The van der Waals surface area contributed by atoms with Gasteiger partial charge in [-0.05, 0) is 49.7 Å². The van der Waals surface area contributed by atoms with Gasteiger partial charge in [0.15, 0.2) is 11.0 Å². The maximum Gasteiger partial charge on any atom is 0.237 e. The van der Waals surface area contributed by atoms with E-state index in [4.69, 9.17) is 4.74 Å². The number of carbonyl (C=O) groups is 1. The van der Waals surface area contributed by atoms with Gasteiger partial charge in [0.1, 0.15) is 5.75 Å². The maximum absolute atomic E-state index is 12.9. The molecule has 0 aliphatic rings. The largest absolute Gasteiger partial charge is 0.497 e. The molecule has 0 saturated heterocycles. The summed E-state index contributed by atoms with van der Waals surface area (Å²) in [6.45, 7) is 3.82. The third-order valence-electron chi connectivity index (χ3n) is 4.94. The molecule has 2 aromatic heterocycles. The second kappa shape index (κ2) is 9.65. The molecule has 0 saturated carbocycles. The molecule has 4 rings (SSSR count). The number of anilines is 1. The number of carbonyl (C=O) groups excluding carboxylic acids is 1. The number of para-hydroxylation sites is 1. The molecule has 1 atom stereocenters. The maximum atomic E-state index is 12.9. The lowest BCUT2D eigenvalue weighted by atomic mass is 10.2. The van der Waals surface area contributed by atoms with Crippen LogP contribution in [-0.4, -0.2) is 38.0 Å². The van der Waals surface area contributed by atoms with E-state index in [1.807, 2.05) is 79.1 Å². The van der Waals surface area contributed by atoms with Crippen molar-refractivity contribution in [1.82, 2.24) is 19.7 Å². The van der Waals surface area contributed by atoms with Gasteiger partial charge in [-0.1, -0.05) is 36.0 Å². The van der Waals surface area contributed by atoms with Crippen molar-refractivity contribution in [3.05, 3.63) is 78.6 Å². The van der Waals surface area contributed by atoms with Crippen molar-refractivity contribution in [2.75, 3.05) is 12.4 Å². The Morgan fingerprint density at radius 1 is 1.06 bits per heavy atom. The lowest BCUT2D eigenvalue weighted by molar-refractivity contribution is -0.115. The second-order valence-corrected chi connectivity index (χ2v) is 8.45. The minimum atomic E-state index is -0.395. The van der Waals surface area contributed by atoms with E-state index in [9.17, 15) is 4.79 Å². The molecule has 32 heavy (non-hydrogen) atoms. The van der Waals surface area contributed by atoms with E-state index in [2.05, 4.69) is 20.5 Å². The van der Waals surface area contributed by atoms with Crippen molar-refractivity contribution in [2.24, 2.45) is 0 Å². The molecule has 1 amide bonds. The zero-order chi connectivity index (χ0) is 22.5. The van der Waals surface area contributed by atoms with E-state index in [0.29, 0.717) is 11.0 Å². The Morgan fingerprint density at radius 2 is 1.84 bits per heavy atom. The molecule has 1 N–H and O–H groups in total. The Labute approximate surface area is 190 Å². The normalized spacial score (nSPS) is 11.7. The highest BCUT2D eigenvalue weighted by molar-refractivity contribution is 8.00. The van der Waals surface area contributed by atoms with Crippen LogP contribution in [0.3, 0.4) is 0 Å². The van der Waals surface area contributed by atoms with Crippen LogP contribution in [0.1, 0.15) is 12.5 Å². The molecule has 0 radical (unpaired) electrons. The Morgan fingerprint density at radius 3 is 2.59 bits per heavy atom. The van der Waals surface area contributed by atoms with Crippen LogP contribution in [0.25, 0.3) is 17.1 Å². The first-order valence-electron chi connectivity index (χ1n) is 10.1. The van der Waals surface area contributed by atoms with Crippen LogP contribution in [0.2, 0.25) is 0 Å². The Balaban J connectivity index is 1.67. The quantitative estimate of drug-likeness (QED) is 0.413. The highest BCUT2D eigenvalue weighted by Crippen LogP contribution is 2.31. The summed E-state index contributed by atoms with van der Waals surface area (Å²) in [5, 5.41) is 12.0. The fraction of sp³-hybridized carbons (Fsp3) is 0.167. The van der Waals surface area contributed by atoms with Crippen molar-refractivity contribution in [3.63, 3.8) is 0 Å². The predicted octanol–water partition coefficient (Wildman–Crippen LogP) is 4.77. The molecular formula is C24H23N5O2S. The summed E-state index contributed by atoms with van der Waals surface area (Å²) in [4.78, 5) is 17.0. The summed E-state index contributed by atoms with van der Waals surface area (Å²) in [5.41, 5.74) is 3.53. The molecule has 2 aromatic carbocycles. The molecule has 0 unspecified atom stereocenters. The molecule has 0 aliphatic heterocycles. The van der Waals surface area contributed by atoms with Crippen molar-refractivity contribution in [3.8, 4) is 22.8 Å². The molecule has 4 aromatic rings. The molecule has 0 fully saturated rings. The smallest absolute Gasteiger partial charge is 0.237 e. The van der Waals surface area contributed by atoms with E-state index in [0.717, 1.165) is 28.3 Å². The van der Waals surface area contributed by atoms with Gasteiger partial charge >= 0.3 is 0 Å². The summed E-state index contributed by atoms with van der Waals surface area (Å²) in [5.74, 6) is 1.28. The van der Waals surface area contributed by atoms with Gasteiger partial charge in [-0.25, -0.2) is 0 Å². The van der Waals surface area contributed by atoms with Gasteiger partial charge in [-0.15, -0.1) is 10.2 Å². The van der Waals surface area contributed by atoms with Crippen LogP contribution in [0.5, 0.6) is 5.75 Å². The van der Waals surface area contributed by atoms with Gasteiger partial charge in [-0.2, -0.15) is 0 Å². The van der Waals surface area contributed by atoms with Gasteiger partial charge in [-0.3, -0.25) is 14.3 Å². The average Bonchev–Trinajstić information content (AvgIpc) is 3.24. The van der Waals surface area contributed by atoms with E-state index in [1.165, 1.54) is 11.8 Å². The fourth-order valence-corrected chi connectivity index (χ4v) is 4.04. The standard InChI is InChI=1S/C24H23N5O2S/c1-16-7-4-5-10-21(16)26-23(30)17(2)32-24-28-27-22(18-11-13-25-14-12-18)29(24)19-8-6-9-20(15-19)31-3/h4-15,17H,1-3H3,(H,26,30)/t17-/m0/s1. The highest BCUT2D eigenvalue weighted by Gasteiger charge is 2.22. The molecule has 2 heterocycles. The van der Waals surface area contributed by atoms with E-state index in [-0.39, 0.29) is 5.91 Å². The minimum Gasteiger partial charge on any atom is -0.497 e. The van der Waals surface area contributed by atoms with E-state index < -0.39 is 5.25 Å². The van der Waals surface area contributed by atoms with Crippen LogP contribution < -0.4 is 10.1 Å². The molecule has 0 aliphatic carbocycles. The number of rotatable bonds is 7. The van der Waals surface area contributed by atoms with Gasteiger partial charge < -0.3 is 10.1 Å². The number of ether oxygens (including phenoxy) is 1.